The predicted molar refractivity (Wildman–Crippen MR) is 69.2 cm³/mol. The summed E-state index contributed by atoms with van der Waals surface area (Å²) >= 11 is 1.97. The Hall–Kier alpha value is 0.310. The van der Waals surface area contributed by atoms with Crippen LogP contribution in [-0.2, 0) is 0 Å². The van der Waals surface area contributed by atoms with E-state index in [4.69, 9.17) is 0 Å². The zero-order chi connectivity index (χ0) is 10.9. The van der Waals surface area contributed by atoms with Crippen molar-refractivity contribution in [2.24, 2.45) is 5.41 Å². The van der Waals surface area contributed by atoms with Gasteiger partial charge in [0, 0.05) is 6.54 Å². The Morgan fingerprint density at radius 3 is 2.36 bits per heavy atom. The fourth-order valence-electron chi connectivity index (χ4n) is 1.82. The van der Waals surface area contributed by atoms with Gasteiger partial charge in [-0.3, -0.25) is 0 Å². The van der Waals surface area contributed by atoms with E-state index in [-0.39, 0.29) is 0 Å². The largest absolute Gasteiger partial charge is 0.316 e. The van der Waals surface area contributed by atoms with Crippen LogP contribution >= 0.6 is 11.8 Å². The van der Waals surface area contributed by atoms with Gasteiger partial charge in [0.1, 0.15) is 0 Å². The summed E-state index contributed by atoms with van der Waals surface area (Å²) in [7, 11) is 0. The molecule has 1 N–H and O–H groups in total. The normalized spacial score (nSPS) is 15.4. The molecule has 14 heavy (non-hydrogen) atoms. The van der Waals surface area contributed by atoms with Crippen molar-refractivity contribution < 1.29 is 0 Å². The molecule has 0 aliphatic heterocycles. The van der Waals surface area contributed by atoms with Crippen molar-refractivity contribution in [2.45, 2.75) is 46.5 Å². The van der Waals surface area contributed by atoms with Crippen LogP contribution in [0, 0.1) is 5.41 Å². The van der Waals surface area contributed by atoms with Crippen LogP contribution in [-0.4, -0.2) is 25.1 Å². The SMILES string of the molecule is CCCNCC(C)(CCC)CCSC. The minimum Gasteiger partial charge on any atom is -0.316 e. The Kier molecular flexibility index (Phi) is 8.80. The van der Waals surface area contributed by atoms with Gasteiger partial charge in [0.25, 0.3) is 0 Å². The molecule has 0 saturated carbocycles. The van der Waals surface area contributed by atoms with Crippen molar-refractivity contribution in [3.05, 3.63) is 0 Å². The van der Waals surface area contributed by atoms with Gasteiger partial charge in [0.05, 0.1) is 0 Å². The lowest BCUT2D eigenvalue weighted by Crippen LogP contribution is -2.32. The summed E-state index contributed by atoms with van der Waals surface area (Å²) in [5.41, 5.74) is 0.521. The van der Waals surface area contributed by atoms with Crippen molar-refractivity contribution in [2.75, 3.05) is 25.1 Å². The number of nitrogens with one attached hydrogen (secondary N) is 1. The summed E-state index contributed by atoms with van der Waals surface area (Å²) in [4.78, 5) is 0. The molecule has 0 spiro atoms. The van der Waals surface area contributed by atoms with E-state index in [1.807, 2.05) is 11.8 Å². The Morgan fingerprint density at radius 1 is 1.14 bits per heavy atom. The van der Waals surface area contributed by atoms with Gasteiger partial charge >= 0.3 is 0 Å². The third-order valence-corrected chi connectivity index (χ3v) is 3.35. The summed E-state index contributed by atoms with van der Waals surface area (Å²) in [5, 5.41) is 3.56. The highest BCUT2D eigenvalue weighted by atomic mass is 32.2. The maximum atomic E-state index is 3.56. The first-order valence-electron chi connectivity index (χ1n) is 5.88. The van der Waals surface area contributed by atoms with Crippen LogP contribution < -0.4 is 5.32 Å². The van der Waals surface area contributed by atoms with E-state index in [0.717, 1.165) is 0 Å². The fraction of sp³-hybridized carbons (Fsp3) is 1.00. The van der Waals surface area contributed by atoms with Crippen molar-refractivity contribution in [1.29, 1.82) is 0 Å². The van der Waals surface area contributed by atoms with Crippen molar-refractivity contribution >= 4 is 11.8 Å². The van der Waals surface area contributed by atoms with Crippen LogP contribution in [0.15, 0.2) is 0 Å². The smallest absolute Gasteiger partial charge is 0.000545 e. The Balaban J connectivity index is 3.82. The zero-order valence-electron chi connectivity index (χ0n) is 10.4. The van der Waals surface area contributed by atoms with Crippen LogP contribution in [0.25, 0.3) is 0 Å². The van der Waals surface area contributed by atoms with E-state index in [1.165, 1.54) is 44.5 Å². The molecule has 0 fully saturated rings. The average molecular weight is 217 g/mol. The van der Waals surface area contributed by atoms with E-state index in [0.29, 0.717) is 5.41 Å². The van der Waals surface area contributed by atoms with E-state index in [2.05, 4.69) is 32.3 Å². The molecule has 0 bridgehead atoms. The molecule has 0 aromatic carbocycles. The summed E-state index contributed by atoms with van der Waals surface area (Å²) in [6, 6.07) is 0. The lowest BCUT2D eigenvalue weighted by molar-refractivity contribution is 0.270. The second kappa shape index (κ2) is 8.60. The second-order valence-corrected chi connectivity index (χ2v) is 5.47. The van der Waals surface area contributed by atoms with E-state index < -0.39 is 0 Å². The molecule has 2 heteroatoms. The lowest BCUT2D eigenvalue weighted by atomic mass is 9.83. The minimum absolute atomic E-state index is 0.521. The summed E-state index contributed by atoms with van der Waals surface area (Å²) in [6.45, 7) is 9.30. The molecule has 1 nitrogen and oxygen atoms in total. The molecule has 0 saturated heterocycles. The Morgan fingerprint density at radius 2 is 1.86 bits per heavy atom. The van der Waals surface area contributed by atoms with Gasteiger partial charge in [-0.25, -0.2) is 0 Å². The Bertz CT molecular complexity index is 127. The van der Waals surface area contributed by atoms with Gasteiger partial charge in [-0.2, -0.15) is 11.8 Å². The van der Waals surface area contributed by atoms with Crippen LogP contribution in [0.4, 0.5) is 0 Å². The molecule has 0 heterocycles. The van der Waals surface area contributed by atoms with Gasteiger partial charge < -0.3 is 5.32 Å². The molecule has 0 aliphatic carbocycles. The zero-order valence-corrected chi connectivity index (χ0v) is 11.2. The second-order valence-electron chi connectivity index (χ2n) is 4.48. The molecule has 1 atom stereocenters. The van der Waals surface area contributed by atoms with Crippen LogP contribution in [0.2, 0.25) is 0 Å². The number of thioether (sulfide) groups is 1. The highest BCUT2D eigenvalue weighted by Gasteiger charge is 2.21. The number of hydrogen-bond acceptors (Lipinski definition) is 2. The highest BCUT2D eigenvalue weighted by molar-refractivity contribution is 7.98. The van der Waals surface area contributed by atoms with Gasteiger partial charge in [-0.15, -0.1) is 0 Å². The topological polar surface area (TPSA) is 12.0 Å². The van der Waals surface area contributed by atoms with Gasteiger partial charge in [0.2, 0.25) is 0 Å². The summed E-state index contributed by atoms with van der Waals surface area (Å²) in [6.07, 6.45) is 7.44. The Labute approximate surface area is 94.4 Å². The first-order chi connectivity index (χ1) is 6.68. The van der Waals surface area contributed by atoms with Crippen LogP contribution in [0.1, 0.15) is 46.5 Å². The maximum absolute atomic E-state index is 3.56. The molecule has 0 aromatic heterocycles. The van der Waals surface area contributed by atoms with Gasteiger partial charge in [0.15, 0.2) is 0 Å². The first kappa shape index (κ1) is 14.3. The van der Waals surface area contributed by atoms with Gasteiger partial charge in [-0.05, 0) is 43.2 Å². The molecule has 86 valence electrons. The third-order valence-electron chi connectivity index (χ3n) is 2.74. The monoisotopic (exact) mass is 217 g/mol. The van der Waals surface area contributed by atoms with Gasteiger partial charge in [-0.1, -0.05) is 27.2 Å². The number of hydrogen-bond donors (Lipinski definition) is 1. The lowest BCUT2D eigenvalue weighted by Gasteiger charge is -2.29. The van der Waals surface area contributed by atoms with E-state index >= 15 is 0 Å². The standard InChI is InChI=1S/C12H27NS/c1-5-7-12(3,8-10-14-4)11-13-9-6-2/h13H,5-11H2,1-4H3. The van der Waals surface area contributed by atoms with Crippen LogP contribution in [0.3, 0.4) is 0 Å². The molecule has 1 unspecified atom stereocenters. The van der Waals surface area contributed by atoms with E-state index in [1.54, 1.807) is 0 Å². The number of rotatable bonds is 9. The molecular formula is C12H27NS. The third kappa shape index (κ3) is 6.72. The quantitative estimate of drug-likeness (QED) is 0.593. The molecule has 0 radical (unpaired) electrons. The van der Waals surface area contributed by atoms with Crippen LogP contribution in [0.5, 0.6) is 0 Å². The predicted octanol–water partition coefficient (Wildman–Crippen LogP) is 3.55. The van der Waals surface area contributed by atoms with Crippen molar-refractivity contribution in [1.82, 2.24) is 5.32 Å². The minimum atomic E-state index is 0.521. The van der Waals surface area contributed by atoms with Crippen molar-refractivity contribution in [3.8, 4) is 0 Å². The van der Waals surface area contributed by atoms with Crippen molar-refractivity contribution in [3.63, 3.8) is 0 Å². The van der Waals surface area contributed by atoms with E-state index in [9.17, 15) is 0 Å². The molecule has 0 aliphatic rings. The molecule has 0 amide bonds. The molecule has 0 rings (SSSR count). The highest BCUT2D eigenvalue weighted by Crippen LogP contribution is 2.28. The summed E-state index contributed by atoms with van der Waals surface area (Å²) in [5.74, 6) is 1.30. The first-order valence-corrected chi connectivity index (χ1v) is 7.27. The molecule has 0 aromatic rings. The molecular weight excluding hydrogens is 190 g/mol. The fourth-order valence-corrected chi connectivity index (χ4v) is 2.52. The maximum Gasteiger partial charge on any atom is 0.000545 e. The summed E-state index contributed by atoms with van der Waals surface area (Å²) < 4.78 is 0. The average Bonchev–Trinajstić information content (AvgIpc) is 2.16.